The molecule has 104 valence electrons. The number of nitrogens with one attached hydrogen (secondary N) is 2. The Bertz CT molecular complexity index is 464. The molecule has 2 N–H and O–H groups in total. The van der Waals surface area contributed by atoms with E-state index in [9.17, 15) is 9.18 Å². The fourth-order valence-corrected chi connectivity index (χ4v) is 2.20. The van der Waals surface area contributed by atoms with Crippen LogP contribution in [0.2, 0.25) is 5.02 Å². The minimum Gasteiger partial charge on any atom is -0.376 e. The van der Waals surface area contributed by atoms with Gasteiger partial charge in [0.1, 0.15) is 5.82 Å². The molecule has 6 heteroatoms. The quantitative estimate of drug-likeness (QED) is 0.897. The Morgan fingerprint density at radius 1 is 1.58 bits per heavy atom. The number of benzene rings is 1. The van der Waals surface area contributed by atoms with Gasteiger partial charge >= 0.3 is 6.03 Å². The molecule has 1 aliphatic heterocycles. The normalized spacial score (nSPS) is 20.1. The van der Waals surface area contributed by atoms with Gasteiger partial charge in [-0.05, 0) is 38.0 Å². The second kappa shape index (κ2) is 6.21. The first kappa shape index (κ1) is 14.1. The van der Waals surface area contributed by atoms with Crippen LogP contribution in [0.5, 0.6) is 0 Å². The molecule has 0 saturated carbocycles. The van der Waals surface area contributed by atoms with Crippen LogP contribution in [-0.4, -0.2) is 24.8 Å². The van der Waals surface area contributed by atoms with Crippen LogP contribution in [0.25, 0.3) is 0 Å². The molecule has 4 nitrogen and oxygen atoms in total. The summed E-state index contributed by atoms with van der Waals surface area (Å²) < 4.78 is 19.0. The summed E-state index contributed by atoms with van der Waals surface area (Å²) in [6, 6.07) is 3.53. The van der Waals surface area contributed by atoms with Crippen LogP contribution < -0.4 is 10.6 Å². The molecule has 1 aromatic rings. The van der Waals surface area contributed by atoms with Crippen molar-refractivity contribution in [2.24, 2.45) is 0 Å². The van der Waals surface area contributed by atoms with E-state index in [0.29, 0.717) is 0 Å². The lowest BCUT2D eigenvalue weighted by atomic mass is 10.1. The van der Waals surface area contributed by atoms with Crippen LogP contribution >= 0.6 is 11.6 Å². The van der Waals surface area contributed by atoms with Crippen LogP contribution in [0.15, 0.2) is 18.2 Å². The largest absolute Gasteiger partial charge is 0.376 e. The van der Waals surface area contributed by atoms with E-state index in [1.807, 2.05) is 6.92 Å². The van der Waals surface area contributed by atoms with Crippen molar-refractivity contribution in [2.45, 2.75) is 31.9 Å². The minimum absolute atomic E-state index is 0.0285. The molecule has 2 rings (SSSR count). The fraction of sp³-hybridized carbons (Fsp3) is 0.462. The molecule has 0 bridgehead atoms. The summed E-state index contributed by atoms with van der Waals surface area (Å²) in [5, 5.41) is 5.48. The number of amides is 2. The van der Waals surface area contributed by atoms with Crippen molar-refractivity contribution in [2.75, 3.05) is 11.9 Å². The predicted octanol–water partition coefficient (Wildman–Crippen LogP) is 3.17. The third-order valence-corrected chi connectivity index (χ3v) is 3.30. The van der Waals surface area contributed by atoms with Gasteiger partial charge in [0.2, 0.25) is 0 Å². The highest BCUT2D eigenvalue weighted by atomic mass is 35.5. The molecular weight excluding hydrogens is 271 g/mol. The van der Waals surface area contributed by atoms with Gasteiger partial charge in [-0.2, -0.15) is 0 Å². The SMILES string of the molecule is C[C@@H](NC(=O)Nc1ccc(Cl)cc1F)[C@@H]1CCCO1. The zero-order valence-electron chi connectivity index (χ0n) is 10.6. The highest BCUT2D eigenvalue weighted by Crippen LogP contribution is 2.19. The number of halogens is 2. The highest BCUT2D eigenvalue weighted by molar-refractivity contribution is 6.30. The van der Waals surface area contributed by atoms with E-state index in [2.05, 4.69) is 10.6 Å². The van der Waals surface area contributed by atoms with Crippen LogP contribution in [-0.2, 0) is 4.74 Å². The Balaban J connectivity index is 1.89. The number of carbonyl (C=O) groups is 1. The second-order valence-corrected chi connectivity index (χ2v) is 5.00. The van der Waals surface area contributed by atoms with Gasteiger partial charge in [-0.15, -0.1) is 0 Å². The monoisotopic (exact) mass is 286 g/mol. The maximum absolute atomic E-state index is 13.5. The van der Waals surface area contributed by atoms with Crippen molar-refractivity contribution >= 4 is 23.3 Å². The Morgan fingerprint density at radius 2 is 2.37 bits per heavy atom. The first-order valence-electron chi connectivity index (χ1n) is 6.20. The summed E-state index contributed by atoms with van der Waals surface area (Å²) in [7, 11) is 0. The average molecular weight is 287 g/mol. The molecule has 2 atom stereocenters. The predicted molar refractivity (Wildman–Crippen MR) is 72.0 cm³/mol. The van der Waals surface area contributed by atoms with Gasteiger partial charge in [-0.25, -0.2) is 9.18 Å². The molecule has 1 heterocycles. The second-order valence-electron chi connectivity index (χ2n) is 4.56. The van der Waals surface area contributed by atoms with Crippen molar-refractivity contribution in [3.8, 4) is 0 Å². The maximum atomic E-state index is 13.5. The Kier molecular flexibility index (Phi) is 4.61. The van der Waals surface area contributed by atoms with Crippen molar-refractivity contribution in [1.29, 1.82) is 0 Å². The lowest BCUT2D eigenvalue weighted by molar-refractivity contribution is 0.0868. The van der Waals surface area contributed by atoms with Crippen molar-refractivity contribution in [3.05, 3.63) is 29.0 Å². The van der Waals surface area contributed by atoms with Crippen LogP contribution in [0.3, 0.4) is 0 Å². The summed E-state index contributed by atoms with van der Waals surface area (Å²) in [6.07, 6.45) is 1.96. The molecule has 0 spiro atoms. The van der Waals surface area contributed by atoms with Gasteiger partial charge in [0.05, 0.1) is 17.8 Å². The van der Waals surface area contributed by atoms with Gasteiger partial charge in [-0.3, -0.25) is 0 Å². The summed E-state index contributed by atoms with van der Waals surface area (Å²) in [5.74, 6) is -0.563. The summed E-state index contributed by atoms with van der Waals surface area (Å²) in [5.41, 5.74) is 0.0986. The van der Waals surface area contributed by atoms with Gasteiger partial charge in [0.15, 0.2) is 0 Å². The van der Waals surface area contributed by atoms with Gasteiger partial charge < -0.3 is 15.4 Å². The number of hydrogen-bond donors (Lipinski definition) is 2. The number of carbonyl (C=O) groups excluding carboxylic acids is 1. The zero-order chi connectivity index (χ0) is 13.8. The highest BCUT2D eigenvalue weighted by Gasteiger charge is 2.23. The van der Waals surface area contributed by atoms with E-state index in [0.717, 1.165) is 25.5 Å². The number of rotatable bonds is 3. The molecule has 2 amide bonds. The zero-order valence-corrected chi connectivity index (χ0v) is 11.3. The summed E-state index contributed by atoms with van der Waals surface area (Å²) >= 11 is 5.64. The third-order valence-electron chi connectivity index (χ3n) is 3.06. The molecule has 0 unspecified atom stereocenters. The number of hydrogen-bond acceptors (Lipinski definition) is 2. The molecule has 0 radical (unpaired) electrons. The van der Waals surface area contributed by atoms with Gasteiger partial charge in [0, 0.05) is 11.6 Å². The van der Waals surface area contributed by atoms with Crippen molar-refractivity contribution < 1.29 is 13.9 Å². The first-order valence-corrected chi connectivity index (χ1v) is 6.58. The Labute approximate surface area is 116 Å². The number of ether oxygens (including phenoxy) is 1. The third kappa shape index (κ3) is 3.81. The molecule has 0 aliphatic carbocycles. The molecule has 0 aromatic heterocycles. The minimum atomic E-state index is -0.563. The Morgan fingerprint density at radius 3 is 3.00 bits per heavy atom. The Hall–Kier alpha value is -1.33. The topological polar surface area (TPSA) is 50.4 Å². The first-order chi connectivity index (χ1) is 9.06. The van der Waals surface area contributed by atoms with E-state index in [-0.39, 0.29) is 22.9 Å². The van der Waals surface area contributed by atoms with Gasteiger partial charge in [0.25, 0.3) is 0 Å². The lowest BCUT2D eigenvalue weighted by Crippen LogP contribution is -2.43. The van der Waals surface area contributed by atoms with E-state index in [1.54, 1.807) is 0 Å². The standard InChI is InChI=1S/C13H16ClFN2O2/c1-8(12-3-2-6-19-12)16-13(18)17-11-5-4-9(14)7-10(11)15/h4-5,7-8,12H,2-3,6H2,1H3,(H2,16,17,18)/t8-,12+/m1/s1. The van der Waals surface area contributed by atoms with Crippen molar-refractivity contribution in [3.63, 3.8) is 0 Å². The van der Waals surface area contributed by atoms with Crippen LogP contribution in [0, 0.1) is 5.82 Å². The van der Waals surface area contributed by atoms with Gasteiger partial charge in [-0.1, -0.05) is 11.6 Å². The summed E-state index contributed by atoms with van der Waals surface area (Å²) in [6.45, 7) is 2.60. The van der Waals surface area contributed by atoms with Crippen LogP contribution in [0.1, 0.15) is 19.8 Å². The molecule has 1 fully saturated rings. The van der Waals surface area contributed by atoms with Crippen molar-refractivity contribution in [1.82, 2.24) is 5.32 Å². The van der Waals surface area contributed by atoms with E-state index in [4.69, 9.17) is 16.3 Å². The lowest BCUT2D eigenvalue weighted by Gasteiger charge is -2.20. The average Bonchev–Trinajstić information content (AvgIpc) is 2.86. The molecular formula is C13H16ClFN2O2. The molecule has 19 heavy (non-hydrogen) atoms. The number of urea groups is 1. The number of anilines is 1. The molecule has 1 aromatic carbocycles. The summed E-state index contributed by atoms with van der Waals surface area (Å²) in [4.78, 5) is 11.7. The van der Waals surface area contributed by atoms with Crippen LogP contribution in [0.4, 0.5) is 14.9 Å². The van der Waals surface area contributed by atoms with E-state index < -0.39 is 11.8 Å². The fourth-order valence-electron chi connectivity index (χ4n) is 2.05. The molecule has 1 aliphatic rings. The smallest absolute Gasteiger partial charge is 0.319 e. The maximum Gasteiger partial charge on any atom is 0.319 e. The molecule has 1 saturated heterocycles. The van der Waals surface area contributed by atoms with E-state index >= 15 is 0 Å². The van der Waals surface area contributed by atoms with E-state index in [1.165, 1.54) is 12.1 Å².